The first-order valence-corrected chi connectivity index (χ1v) is 6.16. The van der Waals surface area contributed by atoms with E-state index in [0.717, 1.165) is 12.5 Å². The van der Waals surface area contributed by atoms with E-state index in [1.807, 2.05) is 0 Å². The Balaban J connectivity index is 2.23. The Morgan fingerprint density at radius 2 is 2.20 bits per heavy atom. The van der Waals surface area contributed by atoms with Crippen LogP contribution in [0.15, 0.2) is 0 Å². The molecular weight excluding hydrogens is 188 g/mol. The number of aliphatic hydroxyl groups excluding tert-OH is 1. The summed E-state index contributed by atoms with van der Waals surface area (Å²) in [5.41, 5.74) is 0. The standard InChI is InChI=1S/C12H26N2O/c1-10(2)12(9-15)13-7-11-5-4-6-14(3)8-11/h10-13,15H,4-9H2,1-3H3/t11?,12-/m1/s1. The largest absolute Gasteiger partial charge is 0.395 e. The monoisotopic (exact) mass is 214 g/mol. The molecule has 1 unspecified atom stereocenters. The maximum atomic E-state index is 9.20. The average molecular weight is 214 g/mol. The van der Waals surface area contributed by atoms with E-state index >= 15 is 0 Å². The molecule has 0 aromatic carbocycles. The summed E-state index contributed by atoms with van der Waals surface area (Å²) < 4.78 is 0. The number of rotatable bonds is 5. The molecule has 15 heavy (non-hydrogen) atoms. The van der Waals surface area contributed by atoms with Gasteiger partial charge in [-0.05, 0) is 44.8 Å². The van der Waals surface area contributed by atoms with E-state index in [4.69, 9.17) is 0 Å². The van der Waals surface area contributed by atoms with Gasteiger partial charge in [0, 0.05) is 12.6 Å². The van der Waals surface area contributed by atoms with Gasteiger partial charge in [-0.1, -0.05) is 13.8 Å². The van der Waals surface area contributed by atoms with Gasteiger partial charge < -0.3 is 15.3 Å². The van der Waals surface area contributed by atoms with E-state index in [2.05, 4.69) is 31.1 Å². The highest BCUT2D eigenvalue weighted by Crippen LogP contribution is 2.14. The van der Waals surface area contributed by atoms with Gasteiger partial charge >= 0.3 is 0 Å². The number of piperidine rings is 1. The highest BCUT2D eigenvalue weighted by atomic mass is 16.3. The van der Waals surface area contributed by atoms with Crippen molar-refractivity contribution in [3.63, 3.8) is 0 Å². The molecule has 0 bridgehead atoms. The molecule has 1 aliphatic heterocycles. The van der Waals surface area contributed by atoms with Gasteiger partial charge in [0.1, 0.15) is 0 Å². The normalized spacial score (nSPS) is 25.8. The topological polar surface area (TPSA) is 35.5 Å². The first-order chi connectivity index (χ1) is 7.13. The second-order valence-electron chi connectivity index (χ2n) is 5.21. The van der Waals surface area contributed by atoms with Gasteiger partial charge in [0.25, 0.3) is 0 Å². The van der Waals surface area contributed by atoms with E-state index < -0.39 is 0 Å². The Morgan fingerprint density at radius 3 is 2.73 bits per heavy atom. The minimum absolute atomic E-state index is 0.250. The Bertz CT molecular complexity index is 173. The number of likely N-dealkylation sites (tertiary alicyclic amines) is 1. The van der Waals surface area contributed by atoms with Crippen LogP contribution < -0.4 is 5.32 Å². The molecule has 3 nitrogen and oxygen atoms in total. The van der Waals surface area contributed by atoms with Gasteiger partial charge in [-0.25, -0.2) is 0 Å². The van der Waals surface area contributed by atoms with Crippen LogP contribution in [0.4, 0.5) is 0 Å². The lowest BCUT2D eigenvalue weighted by molar-refractivity contribution is 0.175. The Labute approximate surface area is 93.9 Å². The molecule has 1 fully saturated rings. The zero-order valence-corrected chi connectivity index (χ0v) is 10.4. The molecule has 0 amide bonds. The zero-order chi connectivity index (χ0) is 11.3. The van der Waals surface area contributed by atoms with E-state index in [9.17, 15) is 5.11 Å². The summed E-state index contributed by atoms with van der Waals surface area (Å²) >= 11 is 0. The van der Waals surface area contributed by atoms with Gasteiger partial charge in [-0.15, -0.1) is 0 Å². The number of nitrogens with one attached hydrogen (secondary N) is 1. The lowest BCUT2D eigenvalue weighted by Crippen LogP contribution is -2.43. The zero-order valence-electron chi connectivity index (χ0n) is 10.4. The predicted molar refractivity (Wildman–Crippen MR) is 63.9 cm³/mol. The maximum Gasteiger partial charge on any atom is 0.0587 e. The molecule has 0 aromatic rings. The molecule has 90 valence electrons. The Hall–Kier alpha value is -0.120. The summed E-state index contributed by atoms with van der Waals surface area (Å²) in [5, 5.41) is 12.7. The molecule has 0 aliphatic carbocycles. The minimum Gasteiger partial charge on any atom is -0.395 e. The minimum atomic E-state index is 0.250. The van der Waals surface area contributed by atoms with Crippen LogP contribution in [0.3, 0.4) is 0 Å². The SMILES string of the molecule is CC(C)[C@@H](CO)NCC1CCCN(C)C1. The van der Waals surface area contributed by atoms with Gasteiger partial charge in [-0.2, -0.15) is 0 Å². The molecule has 1 rings (SSSR count). The van der Waals surface area contributed by atoms with E-state index in [1.54, 1.807) is 0 Å². The van der Waals surface area contributed by atoms with Crippen LogP contribution in [0.5, 0.6) is 0 Å². The molecule has 3 heteroatoms. The van der Waals surface area contributed by atoms with Crippen LogP contribution in [0.25, 0.3) is 0 Å². The maximum absolute atomic E-state index is 9.20. The summed E-state index contributed by atoms with van der Waals surface area (Å²) in [6.45, 7) is 8.04. The third-order valence-electron chi connectivity index (χ3n) is 3.39. The van der Waals surface area contributed by atoms with E-state index in [-0.39, 0.29) is 12.6 Å². The van der Waals surface area contributed by atoms with E-state index in [1.165, 1.54) is 25.9 Å². The summed E-state index contributed by atoms with van der Waals surface area (Å²) in [4.78, 5) is 2.40. The Kier molecular flexibility index (Phi) is 5.58. The van der Waals surface area contributed by atoms with Crippen molar-refractivity contribution in [3.05, 3.63) is 0 Å². The summed E-state index contributed by atoms with van der Waals surface area (Å²) in [5.74, 6) is 1.27. The van der Waals surface area contributed by atoms with Crippen molar-refractivity contribution in [2.24, 2.45) is 11.8 Å². The van der Waals surface area contributed by atoms with Crippen LogP contribution >= 0.6 is 0 Å². The lowest BCUT2D eigenvalue weighted by atomic mass is 9.97. The lowest BCUT2D eigenvalue weighted by Gasteiger charge is -2.31. The summed E-state index contributed by atoms with van der Waals surface area (Å²) in [6.07, 6.45) is 2.64. The third-order valence-corrected chi connectivity index (χ3v) is 3.39. The fourth-order valence-electron chi connectivity index (χ4n) is 2.27. The number of aliphatic hydroxyl groups is 1. The Morgan fingerprint density at radius 1 is 1.47 bits per heavy atom. The summed E-state index contributed by atoms with van der Waals surface area (Å²) in [7, 11) is 2.19. The van der Waals surface area contributed by atoms with Crippen molar-refractivity contribution in [1.29, 1.82) is 0 Å². The second kappa shape index (κ2) is 6.46. The van der Waals surface area contributed by atoms with Crippen molar-refractivity contribution in [2.45, 2.75) is 32.7 Å². The van der Waals surface area contributed by atoms with Crippen molar-refractivity contribution in [2.75, 3.05) is 33.3 Å². The first kappa shape index (κ1) is 12.9. The van der Waals surface area contributed by atoms with Crippen LogP contribution in [0.1, 0.15) is 26.7 Å². The number of hydrogen-bond acceptors (Lipinski definition) is 3. The van der Waals surface area contributed by atoms with Gasteiger partial charge in [0.15, 0.2) is 0 Å². The first-order valence-electron chi connectivity index (χ1n) is 6.16. The average Bonchev–Trinajstić information content (AvgIpc) is 2.18. The van der Waals surface area contributed by atoms with Crippen LogP contribution in [0.2, 0.25) is 0 Å². The second-order valence-corrected chi connectivity index (χ2v) is 5.21. The van der Waals surface area contributed by atoms with Gasteiger partial charge in [0.2, 0.25) is 0 Å². The fraction of sp³-hybridized carbons (Fsp3) is 1.00. The molecule has 0 spiro atoms. The van der Waals surface area contributed by atoms with E-state index in [0.29, 0.717) is 5.92 Å². The number of hydrogen-bond donors (Lipinski definition) is 2. The quantitative estimate of drug-likeness (QED) is 0.715. The predicted octanol–water partition coefficient (Wildman–Crippen LogP) is 0.935. The summed E-state index contributed by atoms with van der Waals surface area (Å²) in [6, 6.07) is 0.261. The molecule has 2 atom stereocenters. The molecule has 0 radical (unpaired) electrons. The van der Waals surface area contributed by atoms with Crippen LogP contribution in [-0.2, 0) is 0 Å². The van der Waals surface area contributed by atoms with Crippen molar-refractivity contribution < 1.29 is 5.11 Å². The molecule has 1 saturated heterocycles. The highest BCUT2D eigenvalue weighted by Gasteiger charge is 2.19. The highest BCUT2D eigenvalue weighted by molar-refractivity contribution is 4.76. The molecular formula is C12H26N2O. The molecule has 1 heterocycles. The van der Waals surface area contributed by atoms with Gasteiger partial charge in [0.05, 0.1) is 6.61 Å². The molecule has 2 N–H and O–H groups in total. The van der Waals surface area contributed by atoms with Crippen molar-refractivity contribution >= 4 is 0 Å². The smallest absolute Gasteiger partial charge is 0.0587 e. The molecule has 0 saturated carbocycles. The van der Waals surface area contributed by atoms with Crippen LogP contribution in [-0.4, -0.2) is 49.3 Å². The third kappa shape index (κ3) is 4.49. The molecule has 0 aromatic heterocycles. The fourth-order valence-corrected chi connectivity index (χ4v) is 2.27. The number of nitrogens with zero attached hydrogens (tertiary/aromatic N) is 1. The van der Waals surface area contributed by atoms with Crippen LogP contribution in [0, 0.1) is 11.8 Å². The molecule has 1 aliphatic rings. The van der Waals surface area contributed by atoms with Crippen molar-refractivity contribution in [1.82, 2.24) is 10.2 Å². The van der Waals surface area contributed by atoms with Crippen molar-refractivity contribution in [3.8, 4) is 0 Å². The van der Waals surface area contributed by atoms with Gasteiger partial charge in [-0.3, -0.25) is 0 Å².